The van der Waals surface area contributed by atoms with Crippen molar-refractivity contribution in [3.63, 3.8) is 0 Å². The highest BCUT2D eigenvalue weighted by Crippen LogP contribution is 2.21. The van der Waals surface area contributed by atoms with Crippen LogP contribution in [-0.2, 0) is 14.3 Å². The predicted molar refractivity (Wildman–Crippen MR) is 84.7 cm³/mol. The number of anilines is 1. The van der Waals surface area contributed by atoms with Gasteiger partial charge in [0.2, 0.25) is 5.91 Å². The molecule has 0 heterocycles. The molecular weight excluding hydrogens is 344 g/mol. The van der Waals surface area contributed by atoms with E-state index in [1.165, 1.54) is 18.9 Å². The molecule has 1 atom stereocenters. The first-order valence-corrected chi connectivity index (χ1v) is 7.95. The van der Waals surface area contributed by atoms with Gasteiger partial charge in [-0.2, -0.15) is 11.8 Å². The predicted octanol–water partition coefficient (Wildman–Crippen LogP) is 2.01. The van der Waals surface area contributed by atoms with Gasteiger partial charge in [-0.15, -0.1) is 0 Å². The van der Waals surface area contributed by atoms with E-state index in [0.29, 0.717) is 17.9 Å². The van der Waals surface area contributed by atoms with Gasteiger partial charge in [-0.1, -0.05) is 12.1 Å². The Hall–Kier alpha value is -1.05. The fraction of sp³-hybridized carbons (Fsp3) is 0.385. The van der Waals surface area contributed by atoms with Crippen LogP contribution < -0.4 is 11.1 Å². The minimum Gasteiger partial charge on any atom is -0.468 e. The number of thioether (sulfide) groups is 1. The summed E-state index contributed by atoms with van der Waals surface area (Å²) in [5.41, 5.74) is 6.33. The highest BCUT2D eigenvalue weighted by atomic mass is 79.9. The van der Waals surface area contributed by atoms with Crippen molar-refractivity contribution in [1.29, 1.82) is 0 Å². The summed E-state index contributed by atoms with van der Waals surface area (Å²) in [5.74, 6) is 0.423. The Morgan fingerprint density at radius 1 is 1.45 bits per heavy atom. The van der Waals surface area contributed by atoms with Gasteiger partial charge in [-0.3, -0.25) is 9.59 Å². The van der Waals surface area contributed by atoms with Crippen LogP contribution in [0.3, 0.4) is 0 Å². The molecule has 5 nitrogen and oxygen atoms in total. The number of ether oxygens (including phenoxy) is 1. The van der Waals surface area contributed by atoms with E-state index in [1.807, 2.05) is 24.3 Å². The largest absolute Gasteiger partial charge is 0.468 e. The smallest absolute Gasteiger partial charge is 0.322 e. The van der Waals surface area contributed by atoms with E-state index in [0.717, 1.165) is 10.2 Å². The van der Waals surface area contributed by atoms with Gasteiger partial charge in [0.15, 0.2) is 0 Å². The van der Waals surface area contributed by atoms with Gasteiger partial charge < -0.3 is 15.8 Å². The number of halogens is 1. The second-order valence-electron chi connectivity index (χ2n) is 4.00. The maximum atomic E-state index is 11.7. The normalized spacial score (nSPS) is 11.8. The number of carbonyl (C=O) groups is 2. The number of hydrogen-bond donors (Lipinski definition) is 2. The standard InChI is InChI=1S/C13H17BrN2O3S/c1-19-13(18)10(15)6-7-20-8-12(17)16-11-5-3-2-4-9(11)14/h2-5,10H,6-8,15H2,1H3,(H,16,17). The lowest BCUT2D eigenvalue weighted by Crippen LogP contribution is -2.32. The minimum atomic E-state index is -0.626. The third-order valence-corrected chi connectivity index (χ3v) is 4.14. The Bertz CT molecular complexity index is 471. The molecule has 0 aliphatic heterocycles. The fourth-order valence-corrected chi connectivity index (χ4v) is 2.60. The van der Waals surface area contributed by atoms with Crippen molar-refractivity contribution in [1.82, 2.24) is 0 Å². The average molecular weight is 361 g/mol. The number of esters is 1. The number of rotatable bonds is 7. The SMILES string of the molecule is COC(=O)C(N)CCSCC(=O)Nc1ccccc1Br. The van der Waals surface area contributed by atoms with E-state index < -0.39 is 12.0 Å². The topological polar surface area (TPSA) is 81.4 Å². The molecule has 0 spiro atoms. The molecule has 1 aromatic carbocycles. The second kappa shape index (κ2) is 8.99. The minimum absolute atomic E-state index is 0.0893. The van der Waals surface area contributed by atoms with E-state index in [4.69, 9.17) is 5.73 Å². The van der Waals surface area contributed by atoms with Crippen LogP contribution in [-0.4, -0.2) is 36.5 Å². The highest BCUT2D eigenvalue weighted by Gasteiger charge is 2.13. The Morgan fingerprint density at radius 3 is 2.80 bits per heavy atom. The third kappa shape index (κ3) is 5.94. The molecule has 7 heteroatoms. The van der Waals surface area contributed by atoms with E-state index in [1.54, 1.807) is 0 Å². The summed E-state index contributed by atoms with van der Waals surface area (Å²) in [6.07, 6.45) is 0.486. The van der Waals surface area contributed by atoms with Crippen LogP contribution in [0.5, 0.6) is 0 Å². The van der Waals surface area contributed by atoms with Crippen LogP contribution >= 0.6 is 27.7 Å². The molecule has 0 saturated carbocycles. The molecule has 1 rings (SSSR count). The Morgan fingerprint density at radius 2 is 2.15 bits per heavy atom. The molecule has 3 N–H and O–H groups in total. The van der Waals surface area contributed by atoms with Gasteiger partial charge in [0.05, 0.1) is 18.6 Å². The summed E-state index contributed by atoms with van der Waals surface area (Å²) in [7, 11) is 1.31. The second-order valence-corrected chi connectivity index (χ2v) is 5.96. The van der Waals surface area contributed by atoms with Gasteiger partial charge in [-0.25, -0.2) is 0 Å². The molecule has 1 amide bonds. The Balaban J connectivity index is 2.24. The molecule has 0 aliphatic carbocycles. The van der Waals surface area contributed by atoms with Gasteiger partial charge in [0, 0.05) is 4.47 Å². The maximum absolute atomic E-state index is 11.7. The van der Waals surface area contributed by atoms with Crippen molar-refractivity contribution in [3.8, 4) is 0 Å². The molecule has 1 unspecified atom stereocenters. The summed E-state index contributed by atoms with van der Waals surface area (Å²) >= 11 is 4.79. The zero-order valence-corrected chi connectivity index (χ0v) is 13.5. The maximum Gasteiger partial charge on any atom is 0.322 e. The lowest BCUT2D eigenvalue weighted by atomic mass is 10.2. The van der Waals surface area contributed by atoms with E-state index >= 15 is 0 Å². The summed E-state index contributed by atoms with van der Waals surface area (Å²) in [5, 5.41) is 2.80. The zero-order chi connectivity index (χ0) is 15.0. The number of carbonyl (C=O) groups excluding carboxylic acids is 2. The number of benzene rings is 1. The lowest BCUT2D eigenvalue weighted by molar-refractivity contribution is -0.142. The van der Waals surface area contributed by atoms with Crippen LogP contribution in [0.4, 0.5) is 5.69 Å². The van der Waals surface area contributed by atoms with Crippen molar-refractivity contribution in [2.45, 2.75) is 12.5 Å². The van der Waals surface area contributed by atoms with Crippen LogP contribution in [0.2, 0.25) is 0 Å². The monoisotopic (exact) mass is 360 g/mol. The molecule has 0 bridgehead atoms. The number of amides is 1. The quantitative estimate of drug-likeness (QED) is 0.574. The van der Waals surface area contributed by atoms with Gasteiger partial charge >= 0.3 is 5.97 Å². The summed E-state index contributed by atoms with van der Waals surface area (Å²) < 4.78 is 5.36. The molecule has 0 fully saturated rings. The van der Waals surface area contributed by atoms with Gasteiger partial charge in [0.25, 0.3) is 0 Å². The van der Waals surface area contributed by atoms with E-state index in [-0.39, 0.29) is 5.91 Å². The van der Waals surface area contributed by atoms with Crippen molar-refractivity contribution in [2.24, 2.45) is 5.73 Å². The molecule has 0 saturated heterocycles. The summed E-state index contributed by atoms with van der Waals surface area (Å²) in [4.78, 5) is 22.8. The molecule has 20 heavy (non-hydrogen) atoms. The summed E-state index contributed by atoms with van der Waals surface area (Å²) in [6.45, 7) is 0. The fourth-order valence-electron chi connectivity index (χ4n) is 1.39. The van der Waals surface area contributed by atoms with Crippen molar-refractivity contribution in [2.75, 3.05) is 23.9 Å². The van der Waals surface area contributed by atoms with Crippen molar-refractivity contribution < 1.29 is 14.3 Å². The Labute approximate surface area is 130 Å². The molecule has 1 aromatic rings. The van der Waals surface area contributed by atoms with Crippen LogP contribution in [0, 0.1) is 0 Å². The Kier molecular flexibility index (Phi) is 7.64. The van der Waals surface area contributed by atoms with Crippen molar-refractivity contribution >= 4 is 45.3 Å². The lowest BCUT2D eigenvalue weighted by Gasteiger charge is -2.09. The molecule has 110 valence electrons. The van der Waals surface area contributed by atoms with Crippen molar-refractivity contribution in [3.05, 3.63) is 28.7 Å². The first-order valence-electron chi connectivity index (χ1n) is 6.00. The number of nitrogens with one attached hydrogen (secondary N) is 1. The number of hydrogen-bond acceptors (Lipinski definition) is 5. The van der Waals surface area contributed by atoms with Gasteiger partial charge in [-0.05, 0) is 40.2 Å². The third-order valence-electron chi connectivity index (χ3n) is 2.46. The molecule has 0 aromatic heterocycles. The number of nitrogens with two attached hydrogens (primary N) is 1. The van der Waals surface area contributed by atoms with Crippen LogP contribution in [0.25, 0.3) is 0 Å². The highest BCUT2D eigenvalue weighted by molar-refractivity contribution is 9.10. The van der Waals surface area contributed by atoms with Crippen LogP contribution in [0.1, 0.15) is 6.42 Å². The molecule has 0 aliphatic rings. The number of para-hydroxylation sites is 1. The molecular formula is C13H17BrN2O3S. The number of methoxy groups -OCH3 is 1. The van der Waals surface area contributed by atoms with Crippen LogP contribution in [0.15, 0.2) is 28.7 Å². The summed E-state index contributed by atoms with van der Waals surface area (Å²) in [6, 6.07) is 6.78. The first kappa shape index (κ1) is 17.0. The van der Waals surface area contributed by atoms with E-state index in [2.05, 4.69) is 26.0 Å². The zero-order valence-electron chi connectivity index (χ0n) is 11.1. The van der Waals surface area contributed by atoms with Gasteiger partial charge in [0.1, 0.15) is 6.04 Å². The van der Waals surface area contributed by atoms with E-state index in [9.17, 15) is 9.59 Å². The average Bonchev–Trinajstić information content (AvgIpc) is 2.45. The first-order chi connectivity index (χ1) is 9.54. The molecule has 0 radical (unpaired) electrons.